The van der Waals surface area contributed by atoms with E-state index in [1.807, 2.05) is 0 Å². The molecule has 1 N–H and O–H groups in total. The molecule has 3 aliphatic heterocycles. The van der Waals surface area contributed by atoms with Crippen LogP contribution in [0.2, 0.25) is 0 Å². The molecule has 4 fully saturated rings. The molecule has 104 valence electrons. The average molecular weight is 252 g/mol. The number of ether oxygens (including phenoxy) is 1. The van der Waals surface area contributed by atoms with Crippen LogP contribution in [0.5, 0.6) is 0 Å². The lowest BCUT2D eigenvalue weighted by molar-refractivity contribution is -0.121. The van der Waals surface area contributed by atoms with E-state index in [9.17, 15) is 0 Å². The lowest BCUT2D eigenvalue weighted by Crippen LogP contribution is -2.67. The van der Waals surface area contributed by atoms with E-state index in [1.54, 1.807) is 0 Å². The second-order valence-electron chi connectivity index (χ2n) is 6.96. The second kappa shape index (κ2) is 4.77. The molecule has 1 aliphatic carbocycles. The van der Waals surface area contributed by atoms with Crippen molar-refractivity contribution in [3.05, 3.63) is 0 Å². The number of nitrogens with zero attached hydrogens (tertiary/aromatic N) is 1. The molecule has 4 rings (SSSR count). The van der Waals surface area contributed by atoms with Crippen LogP contribution in [0.3, 0.4) is 0 Å². The third-order valence-corrected chi connectivity index (χ3v) is 5.62. The minimum atomic E-state index is 0.308. The first-order valence-corrected chi connectivity index (χ1v) is 7.71. The Morgan fingerprint density at radius 2 is 2.00 bits per heavy atom. The molecule has 3 heteroatoms. The van der Waals surface area contributed by atoms with E-state index in [4.69, 9.17) is 4.74 Å². The Balaban J connectivity index is 1.55. The Morgan fingerprint density at radius 1 is 1.28 bits per heavy atom. The average Bonchev–Trinajstić information content (AvgIpc) is 2.39. The standard InChI is InChI=1S/C15H28N2O/c1-4-18-14-9-13(15(14,2)3)16-12-10-17-7-5-11(12)6-8-17/h11-14,16H,4-10H2,1-3H3. The highest BCUT2D eigenvalue weighted by atomic mass is 16.5. The largest absolute Gasteiger partial charge is 0.378 e. The Morgan fingerprint density at radius 3 is 2.50 bits per heavy atom. The van der Waals surface area contributed by atoms with Crippen LogP contribution in [0, 0.1) is 11.3 Å². The summed E-state index contributed by atoms with van der Waals surface area (Å²) in [4.78, 5) is 2.63. The van der Waals surface area contributed by atoms with Gasteiger partial charge in [0.2, 0.25) is 0 Å². The smallest absolute Gasteiger partial charge is 0.0655 e. The van der Waals surface area contributed by atoms with Crippen molar-refractivity contribution < 1.29 is 4.74 Å². The van der Waals surface area contributed by atoms with Gasteiger partial charge in [0.25, 0.3) is 0 Å². The number of fused-ring (bicyclic) bond motifs is 3. The normalized spacial score (nSPS) is 45.8. The van der Waals surface area contributed by atoms with E-state index in [2.05, 4.69) is 31.0 Å². The molecule has 3 atom stereocenters. The van der Waals surface area contributed by atoms with Crippen LogP contribution in [-0.4, -0.2) is 49.3 Å². The van der Waals surface area contributed by atoms with Crippen molar-refractivity contribution in [3.63, 3.8) is 0 Å². The number of nitrogens with one attached hydrogen (secondary N) is 1. The molecule has 3 unspecified atom stereocenters. The van der Waals surface area contributed by atoms with Gasteiger partial charge in [0, 0.05) is 30.7 Å². The summed E-state index contributed by atoms with van der Waals surface area (Å²) in [5, 5.41) is 3.94. The van der Waals surface area contributed by atoms with Crippen LogP contribution in [0.15, 0.2) is 0 Å². The monoisotopic (exact) mass is 252 g/mol. The Hall–Kier alpha value is -0.120. The summed E-state index contributed by atoms with van der Waals surface area (Å²) in [5.74, 6) is 0.928. The molecule has 18 heavy (non-hydrogen) atoms. The molecule has 0 radical (unpaired) electrons. The third-order valence-electron chi connectivity index (χ3n) is 5.62. The second-order valence-corrected chi connectivity index (χ2v) is 6.96. The molecule has 4 aliphatic rings. The fourth-order valence-electron chi connectivity index (χ4n) is 4.06. The molecule has 0 amide bonds. The summed E-state index contributed by atoms with van der Waals surface area (Å²) >= 11 is 0. The van der Waals surface area contributed by atoms with Crippen LogP contribution >= 0.6 is 0 Å². The van der Waals surface area contributed by atoms with Gasteiger partial charge in [-0.25, -0.2) is 0 Å². The van der Waals surface area contributed by atoms with Gasteiger partial charge in [0.05, 0.1) is 6.10 Å². The highest BCUT2D eigenvalue weighted by Crippen LogP contribution is 2.43. The predicted octanol–water partition coefficient (Wildman–Crippen LogP) is 1.87. The van der Waals surface area contributed by atoms with Crippen LogP contribution in [0.1, 0.15) is 40.0 Å². The maximum Gasteiger partial charge on any atom is 0.0655 e. The lowest BCUT2D eigenvalue weighted by atomic mass is 9.64. The van der Waals surface area contributed by atoms with E-state index in [0.29, 0.717) is 17.6 Å². The zero-order valence-corrected chi connectivity index (χ0v) is 12.1. The minimum absolute atomic E-state index is 0.308. The Labute approximate surface area is 111 Å². The first-order chi connectivity index (χ1) is 8.61. The summed E-state index contributed by atoms with van der Waals surface area (Å²) in [6.45, 7) is 11.6. The summed E-state index contributed by atoms with van der Waals surface area (Å²) in [5.41, 5.74) is 0.308. The van der Waals surface area contributed by atoms with Crippen LogP contribution in [0.25, 0.3) is 0 Å². The molecular weight excluding hydrogens is 224 g/mol. The Bertz CT molecular complexity index is 297. The zero-order chi connectivity index (χ0) is 12.8. The van der Waals surface area contributed by atoms with Gasteiger partial charge < -0.3 is 15.0 Å². The van der Waals surface area contributed by atoms with Crippen molar-refractivity contribution >= 4 is 0 Å². The Kier molecular flexibility index (Phi) is 3.41. The van der Waals surface area contributed by atoms with E-state index < -0.39 is 0 Å². The topological polar surface area (TPSA) is 24.5 Å². The van der Waals surface area contributed by atoms with Gasteiger partial charge in [-0.3, -0.25) is 0 Å². The fourth-order valence-corrected chi connectivity index (χ4v) is 4.06. The maximum atomic E-state index is 5.82. The lowest BCUT2D eigenvalue weighted by Gasteiger charge is -2.55. The van der Waals surface area contributed by atoms with Gasteiger partial charge >= 0.3 is 0 Å². The number of hydrogen-bond acceptors (Lipinski definition) is 3. The predicted molar refractivity (Wildman–Crippen MR) is 73.7 cm³/mol. The van der Waals surface area contributed by atoms with Crippen molar-refractivity contribution in [1.29, 1.82) is 0 Å². The van der Waals surface area contributed by atoms with Crippen molar-refractivity contribution in [2.24, 2.45) is 11.3 Å². The number of piperidine rings is 3. The van der Waals surface area contributed by atoms with Gasteiger partial charge in [-0.15, -0.1) is 0 Å². The van der Waals surface area contributed by atoms with E-state index >= 15 is 0 Å². The molecule has 0 spiro atoms. The molecule has 1 saturated carbocycles. The molecule has 2 bridgehead atoms. The molecular formula is C15H28N2O. The van der Waals surface area contributed by atoms with Gasteiger partial charge in [-0.05, 0) is 45.2 Å². The molecule has 3 saturated heterocycles. The summed E-state index contributed by atoms with van der Waals surface area (Å²) in [7, 11) is 0. The van der Waals surface area contributed by atoms with Gasteiger partial charge in [0.15, 0.2) is 0 Å². The first-order valence-electron chi connectivity index (χ1n) is 7.71. The number of hydrogen-bond donors (Lipinski definition) is 1. The number of rotatable bonds is 4. The van der Waals surface area contributed by atoms with E-state index in [0.717, 1.165) is 18.6 Å². The van der Waals surface area contributed by atoms with Crippen LogP contribution < -0.4 is 5.32 Å². The highest BCUT2D eigenvalue weighted by molar-refractivity contribution is 5.05. The summed E-state index contributed by atoms with van der Waals surface area (Å²) in [6, 6.07) is 1.39. The van der Waals surface area contributed by atoms with Gasteiger partial charge in [0.1, 0.15) is 0 Å². The summed E-state index contributed by atoms with van der Waals surface area (Å²) in [6.07, 6.45) is 4.46. The molecule has 0 aromatic carbocycles. The van der Waals surface area contributed by atoms with Gasteiger partial charge in [-0.1, -0.05) is 13.8 Å². The molecule has 0 aromatic rings. The van der Waals surface area contributed by atoms with Gasteiger partial charge in [-0.2, -0.15) is 0 Å². The van der Waals surface area contributed by atoms with Crippen molar-refractivity contribution in [2.75, 3.05) is 26.2 Å². The summed E-state index contributed by atoms with van der Waals surface area (Å²) < 4.78 is 5.82. The van der Waals surface area contributed by atoms with Crippen molar-refractivity contribution in [1.82, 2.24) is 10.2 Å². The first kappa shape index (κ1) is 12.9. The van der Waals surface area contributed by atoms with Crippen molar-refractivity contribution in [3.8, 4) is 0 Å². The quantitative estimate of drug-likeness (QED) is 0.827. The molecule has 3 nitrogen and oxygen atoms in total. The molecule has 3 heterocycles. The van der Waals surface area contributed by atoms with E-state index in [1.165, 1.54) is 38.9 Å². The molecule has 0 aromatic heterocycles. The van der Waals surface area contributed by atoms with Crippen LogP contribution in [0.4, 0.5) is 0 Å². The SMILES string of the molecule is CCOC1CC(NC2CN3CCC2CC3)C1(C)C. The van der Waals surface area contributed by atoms with Crippen molar-refractivity contribution in [2.45, 2.75) is 58.2 Å². The maximum absolute atomic E-state index is 5.82. The highest BCUT2D eigenvalue weighted by Gasteiger charge is 2.50. The third kappa shape index (κ3) is 2.10. The van der Waals surface area contributed by atoms with Crippen LogP contribution in [-0.2, 0) is 4.74 Å². The van der Waals surface area contributed by atoms with E-state index in [-0.39, 0.29) is 0 Å². The zero-order valence-electron chi connectivity index (χ0n) is 12.1. The fraction of sp³-hybridized carbons (Fsp3) is 1.00. The minimum Gasteiger partial charge on any atom is -0.378 e.